The summed E-state index contributed by atoms with van der Waals surface area (Å²) in [7, 11) is 3.12. The number of anilines is 1. The number of carbonyl (C=O) groups is 3. The molecule has 5 rings (SSSR count). The molecule has 1 aromatic heterocycles. The van der Waals surface area contributed by atoms with Crippen LogP contribution in [0.4, 0.5) is 5.69 Å². The number of carbonyl (C=O) groups excluding carboxylic acids is 3. The number of amides is 3. The molecule has 2 heterocycles. The van der Waals surface area contributed by atoms with E-state index in [-0.39, 0.29) is 16.8 Å². The van der Waals surface area contributed by atoms with Crippen LogP contribution in [-0.2, 0) is 4.79 Å². The second-order valence-corrected chi connectivity index (χ2v) is 8.12. The van der Waals surface area contributed by atoms with Crippen LogP contribution in [-0.4, -0.2) is 41.7 Å². The van der Waals surface area contributed by atoms with Gasteiger partial charge >= 0.3 is 0 Å². The average Bonchev–Trinajstić information content (AvgIpc) is 3.48. The van der Waals surface area contributed by atoms with Crippen molar-refractivity contribution in [3.63, 3.8) is 0 Å². The first-order chi connectivity index (χ1) is 18.0. The van der Waals surface area contributed by atoms with E-state index in [1.807, 2.05) is 48.7 Å². The summed E-state index contributed by atoms with van der Waals surface area (Å²) in [6.07, 6.45) is 4.81. The van der Waals surface area contributed by atoms with Gasteiger partial charge in [0.1, 0.15) is 5.69 Å². The van der Waals surface area contributed by atoms with Crippen molar-refractivity contribution in [2.24, 2.45) is 0 Å². The summed E-state index contributed by atoms with van der Waals surface area (Å²) in [5, 5.41) is 9.69. The molecule has 3 aromatic carbocycles. The molecule has 1 aliphatic heterocycles. The smallest absolute Gasteiger partial charge is 0.261 e. The fraction of sp³-hybridized carbons (Fsp3) is 0.0714. The van der Waals surface area contributed by atoms with Crippen molar-refractivity contribution in [1.82, 2.24) is 15.1 Å². The van der Waals surface area contributed by atoms with Crippen LogP contribution in [0.25, 0.3) is 23.0 Å². The van der Waals surface area contributed by atoms with Gasteiger partial charge in [-0.25, -0.2) is 4.68 Å². The van der Waals surface area contributed by atoms with E-state index in [9.17, 15) is 14.4 Å². The fourth-order valence-electron chi connectivity index (χ4n) is 4.09. The van der Waals surface area contributed by atoms with Crippen molar-refractivity contribution in [2.75, 3.05) is 19.5 Å². The van der Waals surface area contributed by atoms with Crippen LogP contribution in [0.3, 0.4) is 0 Å². The van der Waals surface area contributed by atoms with Crippen LogP contribution >= 0.6 is 0 Å². The van der Waals surface area contributed by atoms with Crippen LogP contribution < -0.4 is 20.1 Å². The highest BCUT2D eigenvalue weighted by Crippen LogP contribution is 2.34. The lowest BCUT2D eigenvalue weighted by Crippen LogP contribution is -2.20. The standard InChI is InChI=1S/C28H22N4O5/c1-36-22-13-11-17(15-23(22)37-2)26-18(16-32(31-26)19-7-4-3-5-8-19)12-14-24(33)29-21-10-6-9-20-25(21)28(35)30-27(20)34/h3-16H,1-2H3,(H,29,33)(H,30,34,35)/b14-12+. The molecular weight excluding hydrogens is 472 g/mol. The molecule has 0 unspecified atom stereocenters. The Balaban J connectivity index is 1.49. The predicted octanol–water partition coefficient (Wildman–Crippen LogP) is 4.09. The zero-order chi connectivity index (χ0) is 25.9. The maximum absolute atomic E-state index is 12.8. The highest BCUT2D eigenvalue weighted by Gasteiger charge is 2.29. The summed E-state index contributed by atoms with van der Waals surface area (Å²) in [6, 6.07) is 19.8. The van der Waals surface area contributed by atoms with Crippen molar-refractivity contribution < 1.29 is 23.9 Å². The Kier molecular flexibility index (Phi) is 6.25. The highest BCUT2D eigenvalue weighted by molar-refractivity contribution is 6.24. The van der Waals surface area contributed by atoms with Crippen molar-refractivity contribution in [3.8, 4) is 28.4 Å². The van der Waals surface area contributed by atoms with Crippen molar-refractivity contribution in [1.29, 1.82) is 0 Å². The summed E-state index contributed by atoms with van der Waals surface area (Å²) < 4.78 is 12.5. The van der Waals surface area contributed by atoms with E-state index in [1.165, 1.54) is 12.1 Å². The normalized spacial score (nSPS) is 12.4. The van der Waals surface area contributed by atoms with Crippen LogP contribution in [0.2, 0.25) is 0 Å². The number of fused-ring (bicyclic) bond motifs is 1. The maximum Gasteiger partial charge on any atom is 0.261 e. The molecule has 0 saturated carbocycles. The van der Waals surface area contributed by atoms with Gasteiger partial charge in [0, 0.05) is 23.4 Å². The van der Waals surface area contributed by atoms with Crippen molar-refractivity contribution in [2.45, 2.75) is 0 Å². The number of hydrogen-bond donors (Lipinski definition) is 2. The molecule has 3 amide bonds. The number of imide groups is 1. The Morgan fingerprint density at radius 1 is 0.946 bits per heavy atom. The molecule has 4 aromatic rings. The summed E-state index contributed by atoms with van der Waals surface area (Å²) in [5.41, 5.74) is 3.56. The number of para-hydroxylation sites is 1. The summed E-state index contributed by atoms with van der Waals surface area (Å²) >= 11 is 0. The molecule has 9 heteroatoms. The fourth-order valence-corrected chi connectivity index (χ4v) is 4.09. The Morgan fingerprint density at radius 3 is 2.49 bits per heavy atom. The number of methoxy groups -OCH3 is 2. The quantitative estimate of drug-likeness (QED) is 0.296. The molecule has 0 aliphatic carbocycles. The van der Waals surface area contributed by atoms with Crippen molar-refractivity contribution in [3.05, 3.63) is 95.7 Å². The number of nitrogens with one attached hydrogen (secondary N) is 2. The van der Waals surface area contributed by atoms with Gasteiger partial charge in [-0.3, -0.25) is 19.7 Å². The second kappa shape index (κ2) is 9.82. The zero-order valence-corrected chi connectivity index (χ0v) is 20.0. The van der Waals surface area contributed by atoms with Gasteiger partial charge in [-0.1, -0.05) is 24.3 Å². The average molecular weight is 495 g/mol. The number of rotatable bonds is 7. The Labute approximate surface area is 212 Å². The summed E-state index contributed by atoms with van der Waals surface area (Å²) in [6.45, 7) is 0. The van der Waals surface area contributed by atoms with Gasteiger partial charge in [0.05, 0.1) is 36.7 Å². The van der Waals surface area contributed by atoms with Gasteiger partial charge in [0.25, 0.3) is 11.8 Å². The summed E-state index contributed by atoms with van der Waals surface area (Å²) in [5.74, 6) is -0.360. The number of nitrogens with zero attached hydrogens (tertiary/aromatic N) is 2. The van der Waals surface area contributed by atoms with Crippen LogP contribution in [0.1, 0.15) is 26.3 Å². The lowest BCUT2D eigenvalue weighted by atomic mass is 10.1. The zero-order valence-electron chi connectivity index (χ0n) is 20.0. The summed E-state index contributed by atoms with van der Waals surface area (Å²) in [4.78, 5) is 36.9. The number of aromatic nitrogens is 2. The van der Waals surface area contributed by atoms with E-state index >= 15 is 0 Å². The first-order valence-corrected chi connectivity index (χ1v) is 11.3. The minimum absolute atomic E-state index is 0.150. The molecule has 37 heavy (non-hydrogen) atoms. The van der Waals surface area contributed by atoms with Gasteiger partial charge in [0.15, 0.2) is 11.5 Å². The molecule has 0 spiro atoms. The van der Waals surface area contributed by atoms with Crippen LogP contribution in [0, 0.1) is 0 Å². The minimum Gasteiger partial charge on any atom is -0.493 e. The molecule has 0 radical (unpaired) electrons. The number of benzene rings is 3. The lowest BCUT2D eigenvalue weighted by Gasteiger charge is -2.09. The molecule has 0 atom stereocenters. The van der Waals surface area contributed by atoms with Crippen LogP contribution in [0.5, 0.6) is 11.5 Å². The Bertz CT molecular complexity index is 1560. The monoisotopic (exact) mass is 494 g/mol. The third-order valence-corrected chi connectivity index (χ3v) is 5.86. The first-order valence-electron chi connectivity index (χ1n) is 11.3. The minimum atomic E-state index is -0.542. The van der Waals surface area contributed by atoms with E-state index in [1.54, 1.807) is 43.2 Å². The topological polar surface area (TPSA) is 112 Å². The predicted molar refractivity (Wildman–Crippen MR) is 138 cm³/mol. The van der Waals surface area contributed by atoms with E-state index in [0.717, 1.165) is 11.3 Å². The van der Waals surface area contributed by atoms with Gasteiger partial charge in [0.2, 0.25) is 5.91 Å². The molecule has 2 N–H and O–H groups in total. The second-order valence-electron chi connectivity index (χ2n) is 8.12. The lowest BCUT2D eigenvalue weighted by molar-refractivity contribution is -0.111. The third-order valence-electron chi connectivity index (χ3n) is 5.86. The maximum atomic E-state index is 12.8. The molecular formula is C28H22N4O5. The van der Waals surface area contributed by atoms with Crippen LogP contribution in [0.15, 0.2) is 79.0 Å². The highest BCUT2D eigenvalue weighted by atomic mass is 16.5. The van der Waals surface area contributed by atoms with E-state index in [2.05, 4.69) is 10.6 Å². The molecule has 184 valence electrons. The molecule has 1 aliphatic rings. The van der Waals surface area contributed by atoms with Crippen molar-refractivity contribution >= 4 is 29.5 Å². The van der Waals surface area contributed by atoms with E-state index in [0.29, 0.717) is 22.8 Å². The molecule has 0 bridgehead atoms. The van der Waals surface area contributed by atoms with E-state index < -0.39 is 17.7 Å². The third kappa shape index (κ3) is 4.57. The first kappa shape index (κ1) is 23.6. The van der Waals surface area contributed by atoms with Gasteiger partial charge < -0.3 is 14.8 Å². The molecule has 0 fully saturated rings. The molecule has 9 nitrogen and oxygen atoms in total. The molecule has 0 saturated heterocycles. The van der Waals surface area contributed by atoms with E-state index in [4.69, 9.17) is 14.6 Å². The Hall–Kier alpha value is -5.18. The van der Waals surface area contributed by atoms with Gasteiger partial charge in [-0.15, -0.1) is 0 Å². The van der Waals surface area contributed by atoms with Gasteiger partial charge in [-0.2, -0.15) is 5.10 Å². The Morgan fingerprint density at radius 2 is 1.73 bits per heavy atom. The largest absolute Gasteiger partial charge is 0.493 e. The number of ether oxygens (including phenoxy) is 2. The SMILES string of the molecule is COc1ccc(-c2nn(-c3ccccc3)cc2/C=C/C(=O)Nc2cccc3c2C(=O)NC3=O)cc1OC. The number of hydrogen-bond acceptors (Lipinski definition) is 6. The van der Waals surface area contributed by atoms with Gasteiger partial charge in [-0.05, 0) is 48.5 Å².